The van der Waals surface area contributed by atoms with Crippen LogP contribution in [-0.4, -0.2) is 49.4 Å². The number of halogens is 1. The average molecular weight is 401 g/mol. The number of nitrogens with one attached hydrogen (secondary N) is 2. The first-order valence-electron chi connectivity index (χ1n) is 8.80. The maximum atomic E-state index is 12.9. The van der Waals surface area contributed by atoms with Gasteiger partial charge in [-0.25, -0.2) is 4.39 Å². The molecule has 0 saturated carbocycles. The number of anilines is 2. The molecule has 0 spiro atoms. The van der Waals surface area contributed by atoms with E-state index in [4.69, 9.17) is 9.47 Å². The van der Waals surface area contributed by atoms with Crippen molar-refractivity contribution in [2.24, 2.45) is 0 Å². The molecule has 0 saturated heterocycles. The van der Waals surface area contributed by atoms with Gasteiger partial charge in [0.25, 0.3) is 0 Å². The van der Waals surface area contributed by atoms with Crippen LogP contribution in [0, 0.1) is 5.82 Å². The maximum Gasteiger partial charge on any atom is 0.238 e. The summed E-state index contributed by atoms with van der Waals surface area (Å²) in [5.74, 6) is -0.487. The highest BCUT2D eigenvalue weighted by Crippen LogP contribution is 2.37. The molecule has 2 N–H and O–H groups in total. The van der Waals surface area contributed by atoms with E-state index in [2.05, 4.69) is 10.6 Å². The first-order valence-corrected chi connectivity index (χ1v) is 8.80. The summed E-state index contributed by atoms with van der Waals surface area (Å²) < 4.78 is 23.4. The number of hydrogen-bond donors (Lipinski definition) is 2. The number of ether oxygens (including phenoxy) is 2. The Morgan fingerprint density at radius 1 is 1.00 bits per heavy atom. The van der Waals surface area contributed by atoms with Gasteiger partial charge in [-0.05, 0) is 44.3 Å². The lowest BCUT2D eigenvalue weighted by Gasteiger charge is -2.17. The Hall–Kier alpha value is -3.46. The predicted octanol–water partition coefficient (Wildman–Crippen LogP) is 2.27. The zero-order valence-corrected chi connectivity index (χ0v) is 16.0. The zero-order chi connectivity index (χ0) is 21.0. The second-order valence-electron chi connectivity index (χ2n) is 6.58. The number of rotatable bonds is 7. The summed E-state index contributed by atoms with van der Waals surface area (Å²) in [6, 6.07) is 8.44. The van der Waals surface area contributed by atoms with E-state index in [1.807, 2.05) is 0 Å². The van der Waals surface area contributed by atoms with Gasteiger partial charge >= 0.3 is 0 Å². The largest absolute Gasteiger partial charge is 0.454 e. The molecule has 2 aromatic carbocycles. The van der Waals surface area contributed by atoms with Gasteiger partial charge in [-0.15, -0.1) is 0 Å². The van der Waals surface area contributed by atoms with E-state index in [9.17, 15) is 18.8 Å². The molecular formula is C20H20FN3O5. The van der Waals surface area contributed by atoms with Crippen molar-refractivity contribution in [1.82, 2.24) is 4.90 Å². The first kappa shape index (κ1) is 20.3. The topological polar surface area (TPSA) is 97.0 Å². The highest BCUT2D eigenvalue weighted by atomic mass is 19.1. The molecular weight excluding hydrogens is 381 g/mol. The molecule has 8 nitrogen and oxygen atoms in total. The Bertz CT molecular complexity index is 946. The summed E-state index contributed by atoms with van der Waals surface area (Å²) in [4.78, 5) is 37.8. The minimum Gasteiger partial charge on any atom is -0.454 e. The number of hydrogen-bond acceptors (Lipinski definition) is 6. The molecule has 2 amide bonds. The second kappa shape index (κ2) is 8.70. The lowest BCUT2D eigenvalue weighted by Crippen LogP contribution is -2.36. The third-order valence-electron chi connectivity index (χ3n) is 4.12. The summed E-state index contributed by atoms with van der Waals surface area (Å²) in [6.07, 6.45) is 0. The highest BCUT2D eigenvalue weighted by Gasteiger charge is 2.21. The van der Waals surface area contributed by atoms with E-state index >= 15 is 0 Å². The van der Waals surface area contributed by atoms with E-state index in [1.165, 1.54) is 48.2 Å². The van der Waals surface area contributed by atoms with Gasteiger partial charge in [0.2, 0.25) is 18.6 Å². The molecule has 152 valence electrons. The van der Waals surface area contributed by atoms with Crippen molar-refractivity contribution in [2.75, 3.05) is 37.6 Å². The molecule has 1 aliphatic heterocycles. The van der Waals surface area contributed by atoms with E-state index < -0.39 is 11.7 Å². The average Bonchev–Trinajstić information content (AvgIpc) is 3.09. The minimum atomic E-state index is -0.400. The van der Waals surface area contributed by atoms with Crippen LogP contribution < -0.4 is 20.1 Å². The van der Waals surface area contributed by atoms with Gasteiger partial charge in [-0.2, -0.15) is 0 Å². The van der Waals surface area contributed by atoms with Gasteiger partial charge in [-0.1, -0.05) is 0 Å². The Balaban J connectivity index is 1.57. The van der Waals surface area contributed by atoms with Crippen molar-refractivity contribution < 1.29 is 28.2 Å². The molecule has 29 heavy (non-hydrogen) atoms. The van der Waals surface area contributed by atoms with Crippen LogP contribution >= 0.6 is 0 Å². The number of nitrogens with zero attached hydrogens (tertiary/aromatic N) is 1. The first-order chi connectivity index (χ1) is 13.8. The van der Waals surface area contributed by atoms with Crippen molar-refractivity contribution in [2.45, 2.75) is 6.92 Å². The number of carbonyl (C=O) groups is 3. The standard InChI is InChI=1S/C20H20FN3O5/c1-12(25)15-7-17-18(29-11-28-17)8-16(15)23-20(27)10-24(2)9-19(26)22-14-5-3-13(21)4-6-14/h3-8H,9-11H2,1-2H3,(H,22,26)(H,23,27). The van der Waals surface area contributed by atoms with Crippen molar-refractivity contribution in [3.63, 3.8) is 0 Å². The van der Waals surface area contributed by atoms with Crippen LogP contribution in [0.1, 0.15) is 17.3 Å². The molecule has 0 radical (unpaired) electrons. The molecule has 0 unspecified atom stereocenters. The van der Waals surface area contributed by atoms with Crippen molar-refractivity contribution >= 4 is 29.0 Å². The molecule has 0 aromatic heterocycles. The number of likely N-dealkylation sites (N-methyl/N-ethyl adjacent to an activating group) is 1. The highest BCUT2D eigenvalue weighted by molar-refractivity contribution is 6.05. The lowest BCUT2D eigenvalue weighted by atomic mass is 10.1. The summed E-state index contributed by atoms with van der Waals surface area (Å²) >= 11 is 0. The van der Waals surface area contributed by atoms with Crippen molar-refractivity contribution in [3.05, 3.63) is 47.8 Å². The third kappa shape index (κ3) is 5.29. The lowest BCUT2D eigenvalue weighted by molar-refractivity contribution is -0.119. The maximum absolute atomic E-state index is 12.9. The third-order valence-corrected chi connectivity index (χ3v) is 4.12. The molecule has 0 bridgehead atoms. The molecule has 0 aliphatic carbocycles. The normalized spacial score (nSPS) is 12.0. The summed E-state index contributed by atoms with van der Waals surface area (Å²) in [6.45, 7) is 1.31. The van der Waals surface area contributed by atoms with E-state index in [0.29, 0.717) is 28.4 Å². The quantitative estimate of drug-likeness (QED) is 0.691. The Morgan fingerprint density at radius 2 is 1.59 bits per heavy atom. The van der Waals surface area contributed by atoms with Crippen LogP contribution in [0.2, 0.25) is 0 Å². The van der Waals surface area contributed by atoms with Crippen LogP contribution in [0.25, 0.3) is 0 Å². The summed E-state index contributed by atoms with van der Waals surface area (Å²) in [5.41, 5.74) is 1.08. The number of benzene rings is 2. The fourth-order valence-electron chi connectivity index (χ4n) is 2.81. The van der Waals surface area contributed by atoms with Crippen LogP contribution in [-0.2, 0) is 9.59 Å². The van der Waals surface area contributed by atoms with E-state index in [0.717, 1.165) is 0 Å². The SMILES string of the molecule is CC(=O)c1cc2c(cc1NC(=O)CN(C)CC(=O)Nc1ccc(F)cc1)OCO2. The number of ketones is 1. The Morgan fingerprint density at radius 3 is 2.21 bits per heavy atom. The molecule has 1 heterocycles. The Labute approximate surface area is 166 Å². The monoisotopic (exact) mass is 401 g/mol. The van der Waals surface area contributed by atoms with E-state index in [-0.39, 0.29) is 31.6 Å². The Kier molecular flexibility index (Phi) is 6.08. The van der Waals surface area contributed by atoms with Crippen molar-refractivity contribution in [3.8, 4) is 11.5 Å². The molecule has 0 fully saturated rings. The van der Waals surface area contributed by atoms with Gasteiger partial charge in [0.15, 0.2) is 17.3 Å². The number of carbonyl (C=O) groups excluding carboxylic acids is 3. The van der Waals surface area contributed by atoms with E-state index in [1.54, 1.807) is 7.05 Å². The second-order valence-corrected chi connectivity index (χ2v) is 6.58. The molecule has 3 rings (SSSR count). The smallest absolute Gasteiger partial charge is 0.238 e. The van der Waals surface area contributed by atoms with Crippen molar-refractivity contribution in [1.29, 1.82) is 0 Å². The van der Waals surface area contributed by atoms with Gasteiger partial charge in [0.05, 0.1) is 18.8 Å². The zero-order valence-electron chi connectivity index (χ0n) is 16.0. The minimum absolute atomic E-state index is 0.0501. The van der Waals surface area contributed by atoms with Gasteiger partial charge in [0, 0.05) is 17.3 Å². The van der Waals surface area contributed by atoms with Gasteiger partial charge in [-0.3, -0.25) is 19.3 Å². The van der Waals surface area contributed by atoms with Crippen LogP contribution in [0.3, 0.4) is 0 Å². The molecule has 2 aromatic rings. The molecule has 1 aliphatic rings. The van der Waals surface area contributed by atoms with Crippen LogP contribution in [0.4, 0.5) is 15.8 Å². The summed E-state index contributed by atoms with van der Waals surface area (Å²) in [5, 5.41) is 5.29. The number of fused-ring (bicyclic) bond motifs is 1. The van der Waals surface area contributed by atoms with Crippen LogP contribution in [0.15, 0.2) is 36.4 Å². The fraction of sp³-hybridized carbons (Fsp3) is 0.250. The fourth-order valence-corrected chi connectivity index (χ4v) is 2.81. The molecule has 0 atom stereocenters. The predicted molar refractivity (Wildman–Crippen MR) is 104 cm³/mol. The van der Waals surface area contributed by atoms with Crippen LogP contribution in [0.5, 0.6) is 11.5 Å². The van der Waals surface area contributed by atoms with Gasteiger partial charge in [0.1, 0.15) is 5.82 Å². The number of amides is 2. The number of Topliss-reactive ketones (excluding diaryl/α,β-unsaturated/α-hetero) is 1. The van der Waals surface area contributed by atoms with Gasteiger partial charge < -0.3 is 20.1 Å². The molecule has 9 heteroatoms. The summed E-state index contributed by atoms with van der Waals surface area (Å²) in [7, 11) is 1.61.